The molecule has 0 atom stereocenters. The minimum absolute atomic E-state index is 0.259. The number of carbonyl (C=O) groups excluding carboxylic acids is 1. The van der Waals surface area contributed by atoms with Crippen molar-refractivity contribution in [3.8, 4) is 11.5 Å². The number of hydrogen-bond acceptors (Lipinski definition) is 6. The summed E-state index contributed by atoms with van der Waals surface area (Å²) in [4.78, 5) is 23.5. The number of carbonyl (C=O) groups is 1. The Labute approximate surface area is 196 Å². The van der Waals surface area contributed by atoms with E-state index < -0.39 is 11.7 Å². The molecular formula is C24H24ClN5O3. The van der Waals surface area contributed by atoms with Crippen molar-refractivity contribution in [3.05, 3.63) is 65.3 Å². The Balaban J connectivity index is 1.53. The van der Waals surface area contributed by atoms with Gasteiger partial charge in [0, 0.05) is 17.2 Å². The Morgan fingerprint density at radius 1 is 1.27 bits per heavy atom. The number of anilines is 1. The van der Waals surface area contributed by atoms with Gasteiger partial charge in [0.05, 0.1) is 18.9 Å². The van der Waals surface area contributed by atoms with Crippen LogP contribution in [0.3, 0.4) is 0 Å². The summed E-state index contributed by atoms with van der Waals surface area (Å²) in [6, 6.07) is 9.31. The molecule has 33 heavy (non-hydrogen) atoms. The molecule has 3 heterocycles. The molecule has 0 saturated heterocycles. The molecule has 1 aromatic carbocycles. The second kappa shape index (κ2) is 8.19. The number of nitrogens with zero attached hydrogens (tertiary/aromatic N) is 5. The average molecular weight is 466 g/mol. The highest BCUT2D eigenvalue weighted by Crippen LogP contribution is 2.42. The summed E-state index contributed by atoms with van der Waals surface area (Å²) in [6.45, 7) is 5.77. The molecule has 1 fully saturated rings. The van der Waals surface area contributed by atoms with Gasteiger partial charge < -0.3 is 9.15 Å². The molecule has 1 saturated carbocycles. The van der Waals surface area contributed by atoms with Crippen LogP contribution in [0.4, 0.5) is 10.6 Å². The number of hydrogen-bond donors (Lipinski definition) is 0. The molecule has 0 aliphatic heterocycles. The number of ether oxygens (including phenoxy) is 1. The molecule has 0 unspecified atom stereocenters. The van der Waals surface area contributed by atoms with E-state index in [-0.39, 0.29) is 6.54 Å². The zero-order valence-corrected chi connectivity index (χ0v) is 19.4. The first-order valence-electron chi connectivity index (χ1n) is 10.8. The maximum Gasteiger partial charge on any atom is 0.416 e. The number of oxazole rings is 1. The molecule has 8 nitrogen and oxygen atoms in total. The van der Waals surface area contributed by atoms with Crippen LogP contribution >= 0.6 is 11.6 Å². The zero-order valence-electron chi connectivity index (χ0n) is 18.7. The fourth-order valence-corrected chi connectivity index (χ4v) is 3.84. The van der Waals surface area contributed by atoms with Crippen molar-refractivity contribution in [2.75, 3.05) is 4.90 Å². The van der Waals surface area contributed by atoms with Crippen LogP contribution in [0.5, 0.6) is 0 Å². The molecule has 9 heteroatoms. The number of halogens is 1. The molecule has 1 amide bonds. The van der Waals surface area contributed by atoms with Crippen LogP contribution in [0, 0.1) is 0 Å². The first-order valence-corrected chi connectivity index (χ1v) is 11.2. The first-order chi connectivity index (χ1) is 15.8. The number of fused-ring (bicyclic) bond motifs is 1. The number of amides is 1. The van der Waals surface area contributed by atoms with Crippen LogP contribution in [-0.4, -0.2) is 31.3 Å². The average Bonchev–Trinajstić information content (AvgIpc) is 3.28. The minimum atomic E-state index is -0.663. The van der Waals surface area contributed by atoms with E-state index >= 15 is 0 Å². The van der Waals surface area contributed by atoms with E-state index in [1.54, 1.807) is 16.8 Å². The Morgan fingerprint density at radius 3 is 2.67 bits per heavy atom. The van der Waals surface area contributed by atoms with E-state index in [1.165, 1.54) is 11.2 Å². The van der Waals surface area contributed by atoms with E-state index in [2.05, 4.69) is 15.1 Å². The van der Waals surface area contributed by atoms with E-state index in [0.717, 1.165) is 29.5 Å². The van der Waals surface area contributed by atoms with Crippen molar-refractivity contribution in [2.24, 2.45) is 0 Å². The molecule has 4 aromatic rings. The fourth-order valence-electron chi connectivity index (χ4n) is 3.67. The lowest BCUT2D eigenvalue weighted by atomic mass is 10.1. The van der Waals surface area contributed by atoms with Gasteiger partial charge in [-0.3, -0.25) is 4.90 Å². The normalized spacial score (nSPS) is 13.9. The maximum atomic E-state index is 13.3. The quantitative estimate of drug-likeness (QED) is 0.343. The van der Waals surface area contributed by atoms with Crippen LogP contribution in [0.2, 0.25) is 5.15 Å². The highest BCUT2D eigenvalue weighted by atomic mass is 35.5. The second-order valence-electron chi connectivity index (χ2n) is 9.15. The van der Waals surface area contributed by atoms with Gasteiger partial charge in [-0.1, -0.05) is 23.7 Å². The van der Waals surface area contributed by atoms with Gasteiger partial charge >= 0.3 is 6.09 Å². The number of rotatable bonds is 5. The lowest BCUT2D eigenvalue weighted by molar-refractivity contribution is 0.0575. The Hall–Kier alpha value is -3.39. The monoisotopic (exact) mass is 465 g/mol. The summed E-state index contributed by atoms with van der Waals surface area (Å²) in [5.74, 6) is 1.49. The molecule has 170 valence electrons. The first kappa shape index (κ1) is 21.5. The maximum absolute atomic E-state index is 13.3. The molecule has 5 rings (SSSR count). The Morgan fingerprint density at radius 2 is 2.03 bits per heavy atom. The third-order valence-electron chi connectivity index (χ3n) is 5.33. The van der Waals surface area contributed by atoms with Crippen molar-refractivity contribution in [2.45, 2.75) is 51.7 Å². The molecular weight excluding hydrogens is 442 g/mol. The van der Waals surface area contributed by atoms with Gasteiger partial charge in [-0.25, -0.2) is 14.8 Å². The van der Waals surface area contributed by atoms with Crippen molar-refractivity contribution < 1.29 is 13.9 Å². The van der Waals surface area contributed by atoms with Gasteiger partial charge in [0.15, 0.2) is 5.65 Å². The summed E-state index contributed by atoms with van der Waals surface area (Å²) in [5.41, 5.74) is 2.81. The predicted octanol–water partition coefficient (Wildman–Crippen LogP) is 5.86. The van der Waals surface area contributed by atoms with Crippen LogP contribution in [-0.2, 0) is 11.3 Å². The topological polar surface area (TPSA) is 85.8 Å². The smallest absolute Gasteiger partial charge is 0.416 e. The van der Waals surface area contributed by atoms with Crippen molar-refractivity contribution in [1.82, 2.24) is 19.6 Å². The zero-order chi connectivity index (χ0) is 23.2. The third kappa shape index (κ3) is 4.57. The van der Waals surface area contributed by atoms with Crippen LogP contribution < -0.4 is 4.90 Å². The van der Waals surface area contributed by atoms with E-state index in [0.29, 0.717) is 28.4 Å². The number of benzene rings is 1. The van der Waals surface area contributed by atoms with Crippen LogP contribution in [0.15, 0.2) is 53.4 Å². The predicted molar refractivity (Wildman–Crippen MR) is 124 cm³/mol. The Bertz CT molecular complexity index is 1290. The van der Waals surface area contributed by atoms with Crippen molar-refractivity contribution in [1.29, 1.82) is 0 Å². The van der Waals surface area contributed by atoms with Gasteiger partial charge in [-0.15, -0.1) is 0 Å². The lowest BCUT2D eigenvalue weighted by Crippen LogP contribution is -2.37. The van der Waals surface area contributed by atoms with Gasteiger partial charge in [0.2, 0.25) is 5.89 Å². The van der Waals surface area contributed by atoms with Crippen molar-refractivity contribution in [3.63, 3.8) is 0 Å². The molecule has 0 N–H and O–H groups in total. The van der Waals surface area contributed by atoms with E-state index in [4.69, 9.17) is 20.8 Å². The molecule has 3 aromatic heterocycles. The summed E-state index contributed by atoms with van der Waals surface area (Å²) >= 11 is 6.39. The molecule has 1 aliphatic rings. The standard InChI is InChI=1S/C24H24ClN5O3/c1-24(2,3)33-23(31)29(14-15-4-6-17(7-5-15)22-26-10-11-32-22)20-12-19(25)28-21-18(16-8-9-16)13-27-30(20)21/h4-7,10-13,16H,8-9,14H2,1-3H3. The number of aromatic nitrogens is 4. The largest absolute Gasteiger partial charge is 0.445 e. The van der Waals surface area contributed by atoms with Gasteiger partial charge in [-0.05, 0) is 57.2 Å². The molecule has 1 aliphatic carbocycles. The second-order valence-corrected chi connectivity index (χ2v) is 9.53. The van der Waals surface area contributed by atoms with Gasteiger partial charge in [-0.2, -0.15) is 9.61 Å². The van der Waals surface area contributed by atoms with Crippen LogP contribution in [0.1, 0.15) is 50.7 Å². The Kier molecular flexibility index (Phi) is 5.32. The minimum Gasteiger partial charge on any atom is -0.445 e. The summed E-state index contributed by atoms with van der Waals surface area (Å²) in [7, 11) is 0. The highest BCUT2D eigenvalue weighted by molar-refractivity contribution is 6.29. The van der Waals surface area contributed by atoms with Gasteiger partial charge in [0.25, 0.3) is 0 Å². The molecule has 0 bridgehead atoms. The molecule has 0 radical (unpaired) electrons. The molecule has 0 spiro atoms. The summed E-state index contributed by atoms with van der Waals surface area (Å²) < 4.78 is 12.8. The van der Waals surface area contributed by atoms with E-state index in [1.807, 2.05) is 51.2 Å². The van der Waals surface area contributed by atoms with Gasteiger partial charge in [0.1, 0.15) is 22.8 Å². The SMILES string of the molecule is CC(C)(C)OC(=O)N(Cc1ccc(-c2ncco2)cc1)c1cc(Cl)nc2c(C3CC3)cnn12. The highest BCUT2D eigenvalue weighted by Gasteiger charge is 2.31. The third-order valence-corrected chi connectivity index (χ3v) is 5.52. The summed E-state index contributed by atoms with van der Waals surface area (Å²) in [5, 5.41) is 4.83. The fraction of sp³-hybridized carbons (Fsp3) is 0.333. The summed E-state index contributed by atoms with van der Waals surface area (Å²) in [6.07, 6.45) is 6.68. The van der Waals surface area contributed by atoms with Crippen molar-refractivity contribution >= 4 is 29.2 Å². The van der Waals surface area contributed by atoms with Crippen LogP contribution in [0.25, 0.3) is 17.1 Å². The lowest BCUT2D eigenvalue weighted by Gasteiger charge is -2.27. The van der Waals surface area contributed by atoms with E-state index in [9.17, 15) is 4.79 Å².